The number of carbonyl (C=O) groups is 1. The molecule has 0 radical (unpaired) electrons. The fraction of sp³-hybridized carbons (Fsp3) is 0.462. The topological polar surface area (TPSA) is 38.8 Å². The van der Waals surface area contributed by atoms with Crippen LogP contribution in [0.25, 0.3) is 0 Å². The Morgan fingerprint density at radius 3 is 2.67 bits per heavy atom. The molecule has 0 aromatic heterocycles. The lowest BCUT2D eigenvalue weighted by Crippen LogP contribution is -2.36. The minimum Gasteiger partial charge on any atom is -0.484 e. The molecular weight excluding hydrogens is 298 g/mol. The average Bonchev–Trinajstić information content (AvgIpc) is 2.37. The van der Waals surface area contributed by atoms with Crippen molar-refractivity contribution in [2.45, 2.75) is 4.83 Å². The lowest BCUT2D eigenvalue weighted by molar-refractivity contribution is -0.132. The van der Waals surface area contributed by atoms with Gasteiger partial charge in [-0.05, 0) is 12.1 Å². The molecule has 5 heteroatoms. The number of ether oxygens (including phenoxy) is 2. The summed E-state index contributed by atoms with van der Waals surface area (Å²) in [5.74, 6) is 0.644. The fourth-order valence-corrected chi connectivity index (χ4v) is 2.10. The number of nitrogens with zero attached hydrogens (tertiary/aromatic N) is 1. The number of carbonyl (C=O) groups excluding carboxylic acids is 1. The monoisotopic (exact) mass is 315 g/mol. The number of methoxy groups -OCH3 is 1. The van der Waals surface area contributed by atoms with Crippen LogP contribution in [-0.2, 0) is 9.53 Å². The third-order valence-electron chi connectivity index (χ3n) is 2.35. The smallest absolute Gasteiger partial charge is 0.260 e. The second-order valence-corrected chi connectivity index (χ2v) is 5.22. The van der Waals surface area contributed by atoms with Crippen LogP contribution in [0.4, 0.5) is 0 Å². The maximum absolute atomic E-state index is 11.8. The highest BCUT2D eigenvalue weighted by Gasteiger charge is 2.13. The van der Waals surface area contributed by atoms with Gasteiger partial charge in [-0.25, -0.2) is 0 Å². The van der Waals surface area contributed by atoms with Crippen molar-refractivity contribution in [2.75, 3.05) is 33.9 Å². The van der Waals surface area contributed by atoms with Gasteiger partial charge < -0.3 is 14.4 Å². The molecule has 0 aliphatic heterocycles. The number of rotatable bonds is 7. The summed E-state index contributed by atoms with van der Waals surface area (Å²) >= 11 is 3.44. The zero-order chi connectivity index (χ0) is 13.4. The van der Waals surface area contributed by atoms with Crippen molar-refractivity contribution in [3.05, 3.63) is 30.3 Å². The predicted molar refractivity (Wildman–Crippen MR) is 74.2 cm³/mol. The summed E-state index contributed by atoms with van der Waals surface area (Å²) < 4.78 is 10.4. The first-order valence-corrected chi connectivity index (χ1v) is 6.60. The molecule has 1 rings (SSSR count). The van der Waals surface area contributed by atoms with Crippen molar-refractivity contribution >= 4 is 21.8 Å². The summed E-state index contributed by atoms with van der Waals surface area (Å²) in [6, 6.07) is 9.30. The molecule has 0 heterocycles. The molecule has 1 aromatic rings. The Kier molecular flexibility index (Phi) is 6.75. The number of halogens is 1. The summed E-state index contributed by atoms with van der Waals surface area (Å²) in [6.07, 6.45) is 0. The molecule has 0 aliphatic carbocycles. The molecule has 1 aromatic carbocycles. The minimum absolute atomic E-state index is 0.0488. The van der Waals surface area contributed by atoms with Gasteiger partial charge >= 0.3 is 0 Å². The maximum Gasteiger partial charge on any atom is 0.260 e. The van der Waals surface area contributed by atoms with Gasteiger partial charge in [-0.2, -0.15) is 0 Å². The van der Waals surface area contributed by atoms with Gasteiger partial charge in [0.15, 0.2) is 6.61 Å². The summed E-state index contributed by atoms with van der Waals surface area (Å²) in [5, 5.41) is 0. The number of likely N-dealkylation sites (N-methyl/N-ethyl adjacent to an activating group) is 1. The maximum atomic E-state index is 11.8. The standard InChI is InChI=1S/C13H18BrNO3/c1-15(8-11(14)9-17-2)13(16)10-18-12-6-4-3-5-7-12/h3-7,11H,8-10H2,1-2H3. The Morgan fingerprint density at radius 2 is 2.06 bits per heavy atom. The first-order chi connectivity index (χ1) is 8.63. The van der Waals surface area contributed by atoms with E-state index in [-0.39, 0.29) is 17.3 Å². The largest absolute Gasteiger partial charge is 0.484 e. The zero-order valence-electron chi connectivity index (χ0n) is 10.6. The molecule has 0 saturated carbocycles. The molecule has 1 unspecified atom stereocenters. The zero-order valence-corrected chi connectivity index (χ0v) is 12.2. The van der Waals surface area contributed by atoms with E-state index in [2.05, 4.69) is 15.9 Å². The normalized spacial score (nSPS) is 11.9. The van der Waals surface area contributed by atoms with Crippen molar-refractivity contribution in [3.63, 3.8) is 0 Å². The van der Waals surface area contributed by atoms with Gasteiger partial charge in [-0.15, -0.1) is 0 Å². The van der Waals surface area contributed by atoms with Crippen molar-refractivity contribution in [2.24, 2.45) is 0 Å². The molecule has 18 heavy (non-hydrogen) atoms. The minimum atomic E-state index is -0.0561. The second-order valence-electron chi connectivity index (χ2n) is 3.93. The van der Waals surface area contributed by atoms with Crippen molar-refractivity contribution in [1.82, 2.24) is 4.90 Å². The van der Waals surface area contributed by atoms with Crippen LogP contribution in [0, 0.1) is 0 Å². The Hall–Kier alpha value is -1.07. The Morgan fingerprint density at radius 1 is 1.39 bits per heavy atom. The quantitative estimate of drug-likeness (QED) is 0.722. The third kappa shape index (κ3) is 5.51. The summed E-state index contributed by atoms with van der Waals surface area (Å²) in [6.45, 7) is 1.20. The van der Waals surface area contributed by atoms with Crippen LogP contribution < -0.4 is 4.74 Å². The van der Waals surface area contributed by atoms with Gasteiger partial charge in [-0.1, -0.05) is 34.1 Å². The van der Waals surface area contributed by atoms with Crippen LogP contribution in [0.5, 0.6) is 5.75 Å². The molecule has 0 fully saturated rings. The Balaban J connectivity index is 2.32. The van der Waals surface area contributed by atoms with Crippen molar-refractivity contribution in [1.29, 1.82) is 0 Å². The molecule has 1 atom stereocenters. The highest BCUT2D eigenvalue weighted by molar-refractivity contribution is 9.09. The molecule has 4 nitrogen and oxygen atoms in total. The van der Waals surface area contributed by atoms with E-state index in [0.717, 1.165) is 0 Å². The van der Waals surface area contributed by atoms with E-state index in [1.807, 2.05) is 30.3 Å². The van der Waals surface area contributed by atoms with E-state index in [0.29, 0.717) is 18.9 Å². The van der Waals surface area contributed by atoms with E-state index in [4.69, 9.17) is 9.47 Å². The van der Waals surface area contributed by atoms with Crippen LogP contribution in [0.15, 0.2) is 30.3 Å². The highest BCUT2D eigenvalue weighted by Crippen LogP contribution is 2.08. The predicted octanol–water partition coefficient (Wildman–Crippen LogP) is 1.93. The van der Waals surface area contributed by atoms with Gasteiger partial charge in [0, 0.05) is 20.7 Å². The number of alkyl halides is 1. The Labute approximate surface area is 116 Å². The summed E-state index contributed by atoms with van der Waals surface area (Å²) in [7, 11) is 3.38. The first kappa shape index (κ1) is 15.0. The van der Waals surface area contributed by atoms with Crippen LogP contribution >= 0.6 is 15.9 Å². The van der Waals surface area contributed by atoms with Crippen LogP contribution in [0.1, 0.15) is 0 Å². The molecule has 0 saturated heterocycles. The molecule has 0 N–H and O–H groups in total. The van der Waals surface area contributed by atoms with Crippen LogP contribution in [-0.4, -0.2) is 49.6 Å². The van der Waals surface area contributed by atoms with Gasteiger partial charge in [-0.3, -0.25) is 4.79 Å². The number of hydrogen-bond donors (Lipinski definition) is 0. The molecule has 0 bridgehead atoms. The van der Waals surface area contributed by atoms with Crippen molar-refractivity contribution < 1.29 is 14.3 Å². The first-order valence-electron chi connectivity index (χ1n) is 5.68. The van der Waals surface area contributed by atoms with Gasteiger partial charge in [0.1, 0.15) is 5.75 Å². The van der Waals surface area contributed by atoms with Gasteiger partial charge in [0.05, 0.1) is 11.4 Å². The number of benzene rings is 1. The van der Waals surface area contributed by atoms with Gasteiger partial charge in [0.2, 0.25) is 0 Å². The van der Waals surface area contributed by atoms with Gasteiger partial charge in [0.25, 0.3) is 5.91 Å². The second kappa shape index (κ2) is 8.11. The van der Waals surface area contributed by atoms with Crippen LogP contribution in [0.2, 0.25) is 0 Å². The van der Waals surface area contributed by atoms with E-state index >= 15 is 0 Å². The lowest BCUT2D eigenvalue weighted by atomic mass is 10.3. The van der Waals surface area contributed by atoms with Crippen LogP contribution in [0.3, 0.4) is 0 Å². The average molecular weight is 316 g/mol. The third-order valence-corrected chi connectivity index (χ3v) is 2.90. The van der Waals surface area contributed by atoms with Crippen molar-refractivity contribution in [3.8, 4) is 5.75 Å². The van der Waals surface area contributed by atoms with E-state index in [1.165, 1.54) is 0 Å². The molecule has 0 aliphatic rings. The van der Waals surface area contributed by atoms with E-state index in [9.17, 15) is 4.79 Å². The molecule has 1 amide bonds. The SMILES string of the molecule is COCC(Br)CN(C)C(=O)COc1ccccc1. The summed E-state index contributed by atoms with van der Waals surface area (Å²) in [4.78, 5) is 13.6. The number of amides is 1. The molecule has 0 spiro atoms. The van der Waals surface area contributed by atoms with E-state index in [1.54, 1.807) is 19.1 Å². The summed E-state index contributed by atoms with van der Waals surface area (Å²) in [5.41, 5.74) is 0. The number of para-hydroxylation sites is 1. The number of hydrogen-bond acceptors (Lipinski definition) is 3. The Bertz CT molecular complexity index is 359. The lowest BCUT2D eigenvalue weighted by Gasteiger charge is -2.20. The van der Waals surface area contributed by atoms with E-state index < -0.39 is 0 Å². The fourth-order valence-electron chi connectivity index (χ4n) is 1.40. The highest BCUT2D eigenvalue weighted by atomic mass is 79.9. The molecule has 100 valence electrons. The molecular formula is C13H18BrNO3.